The predicted molar refractivity (Wildman–Crippen MR) is 129 cm³/mol. The smallest absolute Gasteiger partial charge is 1.00 e. The Labute approximate surface area is 226 Å². The van der Waals surface area contributed by atoms with Crippen LogP contribution in [0.25, 0.3) is 22.4 Å². The number of aryl methyl sites for hydroxylation is 2. The molecule has 2 atom stereocenters. The standard InChI is InChI=1S/C17H15.C11H14OSi.2ClH.Zr/c1-12-6-8-14(9-7-12)16-5-3-4-15-10-13(2)11-17(15)16;1-6-5-8-9(12-6)11-7(2)10(8)13(11,3)4;;;/h3-11H,1-2H3;5,10H,1-4H3;2*1H;/q;;;;+2/p-2. The molecule has 1 aromatic heterocycles. The van der Waals surface area contributed by atoms with E-state index in [0.717, 1.165) is 11.3 Å². The monoisotopic (exact) mass is 569 g/mol. The van der Waals surface area contributed by atoms with Crippen molar-refractivity contribution in [3.63, 3.8) is 0 Å². The van der Waals surface area contributed by atoms with Crippen molar-refractivity contribution in [3.8, 4) is 11.1 Å². The van der Waals surface area contributed by atoms with Crippen LogP contribution in [-0.4, -0.2) is 8.07 Å². The normalized spacial score (nSPS) is 20.4. The summed E-state index contributed by atoms with van der Waals surface area (Å²) in [6, 6.07) is 17.8. The van der Waals surface area contributed by atoms with Crippen molar-refractivity contribution in [1.29, 1.82) is 0 Å². The van der Waals surface area contributed by atoms with Gasteiger partial charge in [-0.25, -0.2) is 0 Å². The van der Waals surface area contributed by atoms with E-state index >= 15 is 0 Å². The molecule has 4 aliphatic rings. The molecule has 33 heavy (non-hydrogen) atoms. The molecule has 7 rings (SSSR count). The molecule has 2 aliphatic heterocycles. The molecule has 3 heterocycles. The first kappa shape index (κ1) is 26.5. The summed E-state index contributed by atoms with van der Waals surface area (Å²) in [5.74, 6) is 2.31. The Kier molecular flexibility index (Phi) is 7.62. The molecular formula is C28H29Cl2OSiZr. The molecule has 2 aliphatic carbocycles. The number of furan rings is 1. The van der Waals surface area contributed by atoms with Gasteiger partial charge in [0.25, 0.3) is 0 Å². The summed E-state index contributed by atoms with van der Waals surface area (Å²) in [4.78, 5) is 0. The number of hydrogen-bond donors (Lipinski definition) is 0. The van der Waals surface area contributed by atoms with Gasteiger partial charge in [-0.2, -0.15) is 0 Å². The van der Waals surface area contributed by atoms with Crippen molar-refractivity contribution in [1.82, 2.24) is 0 Å². The summed E-state index contributed by atoms with van der Waals surface area (Å²) in [6.45, 7) is 13.6. The third-order valence-electron chi connectivity index (χ3n) is 7.26. The van der Waals surface area contributed by atoms with Crippen LogP contribution in [0.5, 0.6) is 0 Å². The van der Waals surface area contributed by atoms with Gasteiger partial charge in [-0.3, -0.25) is 0 Å². The van der Waals surface area contributed by atoms with E-state index in [4.69, 9.17) is 4.42 Å². The predicted octanol–water partition coefficient (Wildman–Crippen LogP) is 1.93. The Morgan fingerprint density at radius 1 is 0.879 bits per heavy atom. The molecule has 2 unspecified atom stereocenters. The second-order valence-electron chi connectivity index (χ2n) is 9.85. The Balaban J connectivity index is 0.000000182. The fourth-order valence-electron chi connectivity index (χ4n) is 5.83. The molecule has 0 amide bonds. The van der Waals surface area contributed by atoms with Crippen LogP contribution in [-0.2, 0) is 24.7 Å². The minimum atomic E-state index is -1.10. The number of fused-ring (bicyclic) bond motifs is 1. The van der Waals surface area contributed by atoms with Crippen molar-refractivity contribution < 1.29 is 54.0 Å². The van der Waals surface area contributed by atoms with E-state index < -0.39 is 8.07 Å². The molecule has 0 fully saturated rings. The maximum absolute atomic E-state index is 5.76. The van der Waals surface area contributed by atoms with Gasteiger partial charge in [-0.15, -0.1) is 0 Å². The van der Waals surface area contributed by atoms with Gasteiger partial charge >= 0.3 is 124 Å². The first-order chi connectivity index (χ1) is 14.7. The maximum Gasteiger partial charge on any atom is -1.00 e. The number of benzene rings is 2. The molecule has 0 saturated carbocycles. The van der Waals surface area contributed by atoms with E-state index in [1.165, 1.54) is 44.7 Å². The Morgan fingerprint density at radius 2 is 1.55 bits per heavy atom. The molecule has 0 spiro atoms. The molecule has 1 nitrogen and oxygen atoms in total. The van der Waals surface area contributed by atoms with Crippen LogP contribution in [0.15, 0.2) is 64.1 Å². The van der Waals surface area contributed by atoms with Gasteiger partial charge in [-0.05, 0) is 25.1 Å². The van der Waals surface area contributed by atoms with Crippen LogP contribution < -0.4 is 24.8 Å². The van der Waals surface area contributed by atoms with Crippen molar-refractivity contribution in [2.75, 3.05) is 0 Å². The fraction of sp³-hybridized carbons (Fsp3) is 0.286. The fourth-order valence-corrected chi connectivity index (χ4v) is 10.9. The summed E-state index contributed by atoms with van der Waals surface area (Å²) in [5.41, 5.74) is 12.3. The molecule has 2 aromatic carbocycles. The first-order valence-corrected chi connectivity index (χ1v) is 15.6. The average Bonchev–Trinajstić information content (AvgIpc) is 3.37. The van der Waals surface area contributed by atoms with Crippen LogP contribution in [0.2, 0.25) is 13.1 Å². The zero-order valence-corrected chi connectivity index (χ0v) is 25.0. The van der Waals surface area contributed by atoms with Gasteiger partial charge in [0, 0.05) is 11.1 Å². The van der Waals surface area contributed by atoms with E-state index in [0.29, 0.717) is 3.63 Å². The number of hydrogen-bond acceptors (Lipinski definition) is 1. The van der Waals surface area contributed by atoms with Crippen LogP contribution >= 0.6 is 0 Å². The third kappa shape index (κ3) is 4.14. The number of rotatable bonds is 1. The van der Waals surface area contributed by atoms with Gasteiger partial charge in [0.05, 0.1) is 8.07 Å². The zero-order valence-electron chi connectivity index (χ0n) is 20.0. The summed E-state index contributed by atoms with van der Waals surface area (Å²) in [7, 11) is -1.10. The van der Waals surface area contributed by atoms with E-state index in [9.17, 15) is 0 Å². The van der Waals surface area contributed by atoms with Crippen molar-refractivity contribution in [2.24, 2.45) is 0 Å². The van der Waals surface area contributed by atoms with E-state index in [-0.39, 0.29) is 24.8 Å². The van der Waals surface area contributed by atoms with Crippen LogP contribution in [0.1, 0.15) is 56.8 Å². The van der Waals surface area contributed by atoms with E-state index in [1.54, 1.807) is 35.5 Å². The van der Waals surface area contributed by atoms with Gasteiger partial charge in [0.15, 0.2) is 0 Å². The van der Waals surface area contributed by atoms with E-state index in [2.05, 4.69) is 88.5 Å². The Hall–Kier alpha value is -1.12. The van der Waals surface area contributed by atoms with Crippen molar-refractivity contribution in [2.45, 2.75) is 50.0 Å². The Bertz CT molecular complexity index is 1270. The minimum absolute atomic E-state index is 0. The molecule has 0 saturated heterocycles. The van der Waals surface area contributed by atoms with Gasteiger partial charge in [0.2, 0.25) is 0 Å². The molecular weight excluding hydrogens is 543 g/mol. The minimum Gasteiger partial charge on any atom is -1.00 e. The molecule has 0 N–H and O–H groups in total. The summed E-state index contributed by atoms with van der Waals surface area (Å²) >= 11 is 1.59. The quantitative estimate of drug-likeness (QED) is 0.407. The van der Waals surface area contributed by atoms with Crippen LogP contribution in [0, 0.1) is 13.8 Å². The topological polar surface area (TPSA) is 13.1 Å². The van der Waals surface area contributed by atoms with E-state index in [1.807, 2.05) is 6.92 Å². The SMILES string of the molecule is CC1=C2c3oc(C)cc3C1[Si]2(C)C.CC1=Cc2c(-c3ccc(C)cc3)cccc2[CH]1[Zr+2].[Cl-].[Cl-]. The molecule has 169 valence electrons. The number of allylic oxidation sites excluding steroid dienone is 2. The molecule has 0 radical (unpaired) electrons. The van der Waals surface area contributed by atoms with Gasteiger partial charge in [0.1, 0.15) is 11.5 Å². The molecule has 2 bridgehead atoms. The first-order valence-electron chi connectivity index (χ1n) is 11.1. The van der Waals surface area contributed by atoms with Gasteiger partial charge in [-0.1, -0.05) is 18.7 Å². The molecule has 5 heteroatoms. The third-order valence-corrected chi connectivity index (χ3v) is 13.2. The van der Waals surface area contributed by atoms with Gasteiger partial charge < -0.3 is 29.2 Å². The maximum atomic E-state index is 5.76. The van der Waals surface area contributed by atoms with Crippen molar-refractivity contribution in [3.05, 3.63) is 93.5 Å². The average molecular weight is 572 g/mol. The molecule has 3 aromatic rings. The largest absolute Gasteiger partial charge is 1.00 e. The summed E-state index contributed by atoms with van der Waals surface area (Å²) in [6.07, 6.45) is 2.36. The summed E-state index contributed by atoms with van der Waals surface area (Å²) in [5, 5.41) is 1.60. The van der Waals surface area contributed by atoms with Crippen molar-refractivity contribution >= 4 is 19.3 Å². The zero-order chi connectivity index (χ0) is 22.1. The summed E-state index contributed by atoms with van der Waals surface area (Å²) < 4.78 is 6.41. The van der Waals surface area contributed by atoms with Crippen LogP contribution in [0.4, 0.5) is 0 Å². The second-order valence-corrected chi connectivity index (χ2v) is 15.8. The van der Waals surface area contributed by atoms with Crippen LogP contribution in [0.3, 0.4) is 0 Å². The number of halogens is 2. The Morgan fingerprint density at radius 3 is 2.15 bits per heavy atom. The second kappa shape index (κ2) is 9.50.